The molecule has 0 aromatic carbocycles. The van der Waals surface area contributed by atoms with Gasteiger partial charge in [-0.25, -0.2) is 4.98 Å². The van der Waals surface area contributed by atoms with Crippen LogP contribution in [0.3, 0.4) is 0 Å². The summed E-state index contributed by atoms with van der Waals surface area (Å²) in [7, 11) is 1.95. The Morgan fingerprint density at radius 1 is 1.17 bits per heavy atom. The van der Waals surface area contributed by atoms with Crippen molar-refractivity contribution < 1.29 is 0 Å². The summed E-state index contributed by atoms with van der Waals surface area (Å²) in [6.07, 6.45) is 6.53. The number of nitrogens with zero attached hydrogens (tertiary/aromatic N) is 3. The van der Waals surface area contributed by atoms with Crippen molar-refractivity contribution in [3.8, 4) is 11.1 Å². The van der Waals surface area contributed by atoms with Gasteiger partial charge in [0.1, 0.15) is 5.82 Å². The fraction of sp³-hybridized carbons (Fsp3) is 0.529. The number of hydrogen-bond donors (Lipinski definition) is 2. The number of aromatic nitrogens is 3. The lowest BCUT2D eigenvalue weighted by molar-refractivity contribution is 0.494. The van der Waals surface area contributed by atoms with Gasteiger partial charge in [-0.3, -0.25) is 4.68 Å². The minimum Gasteiger partial charge on any atom is -0.367 e. The summed E-state index contributed by atoms with van der Waals surface area (Å²) in [5.41, 5.74) is 3.33. The molecule has 2 aromatic heterocycles. The first-order valence-electron chi connectivity index (χ1n) is 8.13. The summed E-state index contributed by atoms with van der Waals surface area (Å²) in [5, 5.41) is 11.5. The molecule has 1 aliphatic heterocycles. The summed E-state index contributed by atoms with van der Waals surface area (Å²) in [6.45, 7) is 4.41. The molecule has 1 saturated carbocycles. The van der Waals surface area contributed by atoms with E-state index < -0.39 is 0 Å². The molecule has 24 heavy (non-hydrogen) atoms. The van der Waals surface area contributed by atoms with Crippen LogP contribution in [0.5, 0.6) is 0 Å². The lowest BCUT2D eigenvalue weighted by Crippen LogP contribution is -2.20. The lowest BCUT2D eigenvalue weighted by atomic mass is 10.0. The number of hydrogen-bond acceptors (Lipinski definition) is 4. The van der Waals surface area contributed by atoms with Crippen molar-refractivity contribution >= 4 is 30.6 Å². The molecule has 0 bridgehead atoms. The predicted molar refractivity (Wildman–Crippen MR) is 102 cm³/mol. The number of pyridine rings is 1. The van der Waals surface area contributed by atoms with Gasteiger partial charge in [0, 0.05) is 36.6 Å². The summed E-state index contributed by atoms with van der Waals surface area (Å²) < 4.78 is 1.85. The quantitative estimate of drug-likeness (QED) is 0.872. The van der Waals surface area contributed by atoms with E-state index in [0.29, 0.717) is 6.04 Å². The fourth-order valence-corrected chi connectivity index (χ4v) is 4.01. The van der Waals surface area contributed by atoms with Gasteiger partial charge in [-0.05, 0) is 56.8 Å². The van der Waals surface area contributed by atoms with Gasteiger partial charge in [-0.1, -0.05) is 0 Å². The van der Waals surface area contributed by atoms with Gasteiger partial charge in [0.2, 0.25) is 0 Å². The maximum absolute atomic E-state index is 4.60. The zero-order valence-electron chi connectivity index (χ0n) is 14.0. The van der Waals surface area contributed by atoms with Gasteiger partial charge >= 0.3 is 0 Å². The highest BCUT2D eigenvalue weighted by Gasteiger charge is 2.37. The minimum atomic E-state index is 0. The van der Waals surface area contributed by atoms with Gasteiger partial charge in [-0.2, -0.15) is 5.10 Å². The van der Waals surface area contributed by atoms with E-state index in [-0.39, 0.29) is 24.8 Å². The van der Waals surface area contributed by atoms with Crippen LogP contribution in [0.4, 0.5) is 5.82 Å². The lowest BCUT2D eigenvalue weighted by Gasteiger charge is -2.14. The molecule has 2 aliphatic rings. The van der Waals surface area contributed by atoms with E-state index in [2.05, 4.69) is 32.8 Å². The van der Waals surface area contributed by atoms with Crippen molar-refractivity contribution in [3.05, 3.63) is 30.2 Å². The molecule has 1 saturated heterocycles. The molecule has 1 aliphatic carbocycles. The Hall–Kier alpha value is -1.30. The normalized spacial score (nSPS) is 24.8. The molecule has 5 nitrogen and oxygen atoms in total. The zero-order chi connectivity index (χ0) is 15.1. The van der Waals surface area contributed by atoms with Crippen molar-refractivity contribution in [1.82, 2.24) is 20.1 Å². The predicted octanol–water partition coefficient (Wildman–Crippen LogP) is 3.04. The van der Waals surface area contributed by atoms with Crippen LogP contribution in [0.1, 0.15) is 18.5 Å². The molecule has 2 unspecified atom stereocenters. The van der Waals surface area contributed by atoms with Crippen LogP contribution >= 0.6 is 24.8 Å². The molecule has 0 spiro atoms. The van der Waals surface area contributed by atoms with Gasteiger partial charge in [0.05, 0.1) is 5.69 Å². The third-order valence-electron chi connectivity index (χ3n) is 5.09. The van der Waals surface area contributed by atoms with E-state index in [1.807, 2.05) is 31.0 Å². The average Bonchev–Trinajstić information content (AvgIpc) is 3.15. The molecular weight excluding hydrogens is 345 g/mol. The molecular formula is C17H25Cl2N5. The van der Waals surface area contributed by atoms with E-state index >= 15 is 0 Å². The van der Waals surface area contributed by atoms with Crippen LogP contribution in [0.15, 0.2) is 24.5 Å². The second-order valence-corrected chi connectivity index (χ2v) is 6.73. The monoisotopic (exact) mass is 369 g/mol. The number of halogens is 2. The Morgan fingerprint density at radius 3 is 2.42 bits per heavy atom. The number of rotatable bonds is 3. The number of aryl methyl sites for hydroxylation is 2. The van der Waals surface area contributed by atoms with Crippen molar-refractivity contribution in [1.29, 1.82) is 0 Å². The maximum Gasteiger partial charge on any atom is 0.126 e. The molecule has 7 heteroatoms. The summed E-state index contributed by atoms with van der Waals surface area (Å²) in [5.74, 6) is 2.70. The Morgan fingerprint density at radius 2 is 1.88 bits per heavy atom. The topological polar surface area (TPSA) is 54.8 Å². The van der Waals surface area contributed by atoms with Crippen LogP contribution < -0.4 is 10.6 Å². The molecule has 3 heterocycles. The zero-order valence-corrected chi connectivity index (χ0v) is 15.7. The smallest absolute Gasteiger partial charge is 0.126 e. The van der Waals surface area contributed by atoms with Crippen molar-refractivity contribution in [2.75, 3.05) is 18.4 Å². The van der Waals surface area contributed by atoms with Gasteiger partial charge in [0.25, 0.3) is 0 Å². The number of anilines is 1. The first-order valence-corrected chi connectivity index (χ1v) is 8.13. The first-order chi connectivity index (χ1) is 10.7. The van der Waals surface area contributed by atoms with E-state index in [9.17, 15) is 0 Å². The molecule has 4 rings (SSSR count). The van der Waals surface area contributed by atoms with Gasteiger partial charge in [0.15, 0.2) is 0 Å². The SMILES string of the molecule is Cc1nn(C)cc1-c1ccc(NC2CC3CNC[C@H]3C2)nc1.Cl.Cl. The summed E-state index contributed by atoms with van der Waals surface area (Å²) in [6, 6.07) is 4.81. The van der Waals surface area contributed by atoms with E-state index in [1.54, 1.807) is 0 Å². The van der Waals surface area contributed by atoms with Crippen LogP contribution in [0.25, 0.3) is 11.1 Å². The van der Waals surface area contributed by atoms with Gasteiger partial charge < -0.3 is 10.6 Å². The van der Waals surface area contributed by atoms with Crippen LogP contribution in [-0.2, 0) is 7.05 Å². The van der Waals surface area contributed by atoms with Crippen molar-refractivity contribution in [2.45, 2.75) is 25.8 Å². The minimum absolute atomic E-state index is 0. The highest BCUT2D eigenvalue weighted by Crippen LogP contribution is 2.35. The molecule has 2 fully saturated rings. The standard InChI is InChI=1S/C17H23N5.2ClH/c1-11-16(10-22(2)21-11)12-3-4-17(19-9-12)20-15-5-13-7-18-8-14(13)6-15;;/h3-4,9-10,13-15,18H,5-8H2,1-2H3,(H,19,20);2*1H/t13-,14?,15?;;/m1../s1. The highest BCUT2D eigenvalue weighted by atomic mass is 35.5. The molecule has 132 valence electrons. The van der Waals surface area contributed by atoms with Gasteiger partial charge in [-0.15, -0.1) is 24.8 Å². The van der Waals surface area contributed by atoms with Crippen molar-refractivity contribution in [3.63, 3.8) is 0 Å². The maximum atomic E-state index is 4.60. The molecule has 2 N–H and O–H groups in total. The average molecular weight is 370 g/mol. The summed E-state index contributed by atoms with van der Waals surface area (Å²) in [4.78, 5) is 4.60. The third-order valence-corrected chi connectivity index (χ3v) is 5.09. The Labute approximate surface area is 155 Å². The summed E-state index contributed by atoms with van der Waals surface area (Å²) >= 11 is 0. The van der Waals surface area contributed by atoms with Crippen LogP contribution in [0.2, 0.25) is 0 Å². The fourth-order valence-electron chi connectivity index (χ4n) is 4.01. The second-order valence-electron chi connectivity index (χ2n) is 6.73. The molecule has 2 aromatic rings. The molecule has 0 amide bonds. The van der Waals surface area contributed by atoms with Crippen LogP contribution in [0, 0.1) is 18.8 Å². The van der Waals surface area contributed by atoms with E-state index in [4.69, 9.17) is 0 Å². The number of fused-ring (bicyclic) bond motifs is 1. The molecule has 0 radical (unpaired) electrons. The second kappa shape index (κ2) is 7.72. The number of nitrogens with one attached hydrogen (secondary N) is 2. The Bertz CT molecular complexity index is 658. The third kappa shape index (κ3) is 3.68. The molecule has 3 atom stereocenters. The highest BCUT2D eigenvalue weighted by molar-refractivity contribution is 5.85. The van der Waals surface area contributed by atoms with E-state index in [0.717, 1.165) is 34.5 Å². The Kier molecular flexibility index (Phi) is 6.12. The Balaban J connectivity index is 0.00000104. The largest absolute Gasteiger partial charge is 0.367 e. The van der Waals surface area contributed by atoms with E-state index in [1.165, 1.54) is 25.9 Å². The first kappa shape index (κ1) is 19.0. The van der Waals surface area contributed by atoms with Crippen LogP contribution in [-0.4, -0.2) is 33.9 Å². The van der Waals surface area contributed by atoms with Crippen molar-refractivity contribution in [2.24, 2.45) is 18.9 Å².